The average molecular weight is 377 g/mol. The van der Waals surface area contributed by atoms with E-state index in [1.54, 1.807) is 19.1 Å². The number of anilines is 1. The number of rotatable bonds is 3. The Morgan fingerprint density at radius 1 is 1.07 bits per heavy atom. The van der Waals surface area contributed by atoms with Crippen molar-refractivity contribution in [3.05, 3.63) is 75.0 Å². The summed E-state index contributed by atoms with van der Waals surface area (Å²) in [5.74, 6) is 0.0589. The Bertz CT molecular complexity index is 1130. The molecule has 1 aliphatic carbocycles. The third-order valence-corrected chi connectivity index (χ3v) is 4.53. The topological polar surface area (TPSA) is 119 Å². The van der Waals surface area contributed by atoms with Crippen LogP contribution in [-0.2, 0) is 11.2 Å². The summed E-state index contributed by atoms with van der Waals surface area (Å²) in [7, 11) is 0. The van der Waals surface area contributed by atoms with E-state index in [2.05, 4.69) is 4.98 Å². The Morgan fingerprint density at radius 3 is 2.46 bits per heavy atom. The Labute approximate surface area is 161 Å². The number of benzene rings is 2. The number of aromatic amines is 1. The first-order valence-electron chi connectivity index (χ1n) is 8.62. The number of carbonyl (C=O) groups is 2. The van der Waals surface area contributed by atoms with Crippen molar-refractivity contribution in [3.8, 4) is 0 Å². The number of carbonyl (C=O) groups excluding carboxylic acids is 2. The van der Waals surface area contributed by atoms with Crippen molar-refractivity contribution >= 4 is 39.9 Å². The molecule has 0 radical (unpaired) electrons. The molecule has 3 N–H and O–H groups in total. The van der Waals surface area contributed by atoms with E-state index in [-0.39, 0.29) is 17.3 Å². The second kappa shape index (κ2) is 7.48. The largest absolute Gasteiger partial charge is 0.399 e. The fraction of sp³-hybridized carbons (Fsp3) is 0.143. The minimum absolute atomic E-state index is 0.0246. The second-order valence-corrected chi connectivity index (χ2v) is 6.63. The van der Waals surface area contributed by atoms with Gasteiger partial charge in [-0.25, -0.2) is 0 Å². The summed E-state index contributed by atoms with van der Waals surface area (Å²) in [6, 6.07) is 11.8. The van der Waals surface area contributed by atoms with E-state index in [9.17, 15) is 19.7 Å². The number of Topliss-reactive ketones (excluding diaryl/α,β-unsaturated/α-hetero) is 2. The summed E-state index contributed by atoms with van der Waals surface area (Å²) in [4.78, 5) is 35.1. The molecular weight excluding hydrogens is 358 g/mol. The zero-order valence-corrected chi connectivity index (χ0v) is 15.5. The molecule has 0 unspecified atom stereocenters. The van der Waals surface area contributed by atoms with Crippen LogP contribution in [0.4, 0.5) is 11.4 Å². The number of nitrogens with two attached hydrogens (primary N) is 1. The predicted octanol–water partition coefficient (Wildman–Crippen LogP) is 4.08. The quantitative estimate of drug-likeness (QED) is 0.308. The molecule has 0 saturated heterocycles. The lowest BCUT2D eigenvalue weighted by atomic mass is 10.1. The molecular formula is C21H19N3O4. The van der Waals surface area contributed by atoms with E-state index in [0.717, 1.165) is 28.8 Å². The molecule has 2 aromatic carbocycles. The van der Waals surface area contributed by atoms with Crippen LogP contribution >= 0.6 is 0 Å². The highest BCUT2D eigenvalue weighted by molar-refractivity contribution is 6.00. The standard InChI is InChI=1S/C11H11NO.C10H8N2O3/c1-7(13)9-4-8-2-3-11(12)6-10(8)5-9;1-6(13)10-5-7-4-8(12(14)15)2-3-9(7)11-10/h2-3,5-6H,4,12H2,1H3;2-5,11H,1H3. The highest BCUT2D eigenvalue weighted by Crippen LogP contribution is 2.27. The number of nitro groups is 1. The first-order valence-corrected chi connectivity index (χ1v) is 8.62. The number of nitrogens with zero attached hydrogens (tertiary/aromatic N) is 1. The van der Waals surface area contributed by atoms with E-state index >= 15 is 0 Å². The Kier molecular flexibility index (Phi) is 5.08. The number of nitrogen functional groups attached to an aromatic ring is 1. The average Bonchev–Trinajstić information content (AvgIpc) is 3.25. The van der Waals surface area contributed by atoms with E-state index < -0.39 is 4.92 Å². The molecule has 1 heterocycles. The molecule has 0 atom stereocenters. The molecule has 1 aliphatic rings. The van der Waals surface area contributed by atoms with Gasteiger partial charge in [0.25, 0.3) is 5.69 Å². The third kappa shape index (κ3) is 3.98. The Hall–Kier alpha value is -3.74. The van der Waals surface area contributed by atoms with Crippen molar-refractivity contribution in [1.82, 2.24) is 4.98 Å². The number of hydrogen-bond donors (Lipinski definition) is 2. The highest BCUT2D eigenvalue weighted by atomic mass is 16.6. The van der Waals surface area contributed by atoms with Gasteiger partial charge in [0.1, 0.15) is 0 Å². The number of ketones is 2. The van der Waals surface area contributed by atoms with Crippen LogP contribution in [0.25, 0.3) is 17.0 Å². The zero-order chi connectivity index (χ0) is 20.4. The summed E-state index contributed by atoms with van der Waals surface area (Å²) >= 11 is 0. The second-order valence-electron chi connectivity index (χ2n) is 6.63. The lowest BCUT2D eigenvalue weighted by Gasteiger charge is -1.98. The fourth-order valence-electron chi connectivity index (χ4n) is 3.00. The number of hydrogen-bond acceptors (Lipinski definition) is 5. The van der Waals surface area contributed by atoms with Crippen LogP contribution in [0, 0.1) is 10.1 Å². The molecule has 7 heteroatoms. The minimum Gasteiger partial charge on any atom is -0.399 e. The molecule has 28 heavy (non-hydrogen) atoms. The number of non-ortho nitro benzene ring substituents is 1. The van der Waals surface area contributed by atoms with Crippen LogP contribution in [0.15, 0.2) is 48.0 Å². The molecule has 0 amide bonds. The smallest absolute Gasteiger partial charge is 0.270 e. The van der Waals surface area contributed by atoms with E-state index in [0.29, 0.717) is 11.1 Å². The number of nitrogens with one attached hydrogen (secondary N) is 1. The lowest BCUT2D eigenvalue weighted by Crippen LogP contribution is -1.95. The number of fused-ring (bicyclic) bond motifs is 2. The van der Waals surface area contributed by atoms with Gasteiger partial charge < -0.3 is 10.7 Å². The van der Waals surface area contributed by atoms with Gasteiger partial charge in [-0.15, -0.1) is 0 Å². The van der Waals surface area contributed by atoms with E-state index in [4.69, 9.17) is 5.73 Å². The molecule has 0 spiro atoms. The van der Waals surface area contributed by atoms with Crippen LogP contribution in [0.2, 0.25) is 0 Å². The van der Waals surface area contributed by atoms with Gasteiger partial charge in [0.2, 0.25) is 0 Å². The molecule has 142 valence electrons. The minimum atomic E-state index is -0.458. The summed E-state index contributed by atoms with van der Waals surface area (Å²) in [6.07, 6.45) is 2.68. The zero-order valence-electron chi connectivity index (χ0n) is 15.5. The number of H-pyrrole nitrogens is 1. The monoisotopic (exact) mass is 377 g/mol. The maximum absolute atomic E-state index is 11.1. The van der Waals surface area contributed by atoms with Crippen LogP contribution in [-0.4, -0.2) is 21.5 Å². The van der Waals surface area contributed by atoms with Crippen molar-refractivity contribution in [2.75, 3.05) is 5.73 Å². The van der Waals surface area contributed by atoms with Gasteiger partial charge in [-0.1, -0.05) is 6.07 Å². The van der Waals surface area contributed by atoms with Crippen LogP contribution < -0.4 is 5.73 Å². The number of aromatic nitrogens is 1. The van der Waals surface area contributed by atoms with Crippen LogP contribution in [0.5, 0.6) is 0 Å². The molecule has 4 rings (SSSR count). The normalized spacial score (nSPS) is 12.0. The molecule has 7 nitrogen and oxygen atoms in total. The SMILES string of the molecule is CC(=O)C1=Cc2cc(N)ccc2C1.CC(=O)c1cc2cc([N+](=O)[O-])ccc2[nH]1. The summed E-state index contributed by atoms with van der Waals surface area (Å²) in [5.41, 5.74) is 10.8. The van der Waals surface area contributed by atoms with Crippen LogP contribution in [0.3, 0.4) is 0 Å². The first kappa shape index (κ1) is 19.0. The van der Waals surface area contributed by atoms with Gasteiger partial charge in [-0.2, -0.15) is 0 Å². The van der Waals surface area contributed by atoms with Gasteiger partial charge in [0.05, 0.1) is 10.6 Å². The lowest BCUT2D eigenvalue weighted by molar-refractivity contribution is -0.384. The Balaban J connectivity index is 0.000000162. The predicted molar refractivity (Wildman–Crippen MR) is 108 cm³/mol. The number of nitro benzene ring substituents is 1. The summed E-state index contributed by atoms with van der Waals surface area (Å²) in [6.45, 7) is 3.04. The van der Waals surface area contributed by atoms with Gasteiger partial charge in [-0.05, 0) is 54.0 Å². The van der Waals surface area contributed by atoms with Gasteiger partial charge in [-0.3, -0.25) is 19.7 Å². The van der Waals surface area contributed by atoms with Crippen molar-refractivity contribution in [2.45, 2.75) is 20.3 Å². The van der Waals surface area contributed by atoms with Crippen LogP contribution in [0.1, 0.15) is 35.5 Å². The highest BCUT2D eigenvalue weighted by Gasteiger charge is 2.15. The van der Waals surface area contributed by atoms with Crippen molar-refractivity contribution < 1.29 is 14.5 Å². The van der Waals surface area contributed by atoms with Gasteiger partial charge in [0, 0.05) is 42.1 Å². The summed E-state index contributed by atoms with van der Waals surface area (Å²) < 4.78 is 0. The fourth-order valence-corrected chi connectivity index (χ4v) is 3.00. The van der Waals surface area contributed by atoms with Gasteiger partial charge in [0.15, 0.2) is 11.6 Å². The molecule has 0 aliphatic heterocycles. The van der Waals surface area contributed by atoms with Crippen molar-refractivity contribution in [3.63, 3.8) is 0 Å². The first-order chi connectivity index (χ1) is 13.2. The van der Waals surface area contributed by atoms with Gasteiger partial charge >= 0.3 is 0 Å². The molecule has 0 bridgehead atoms. The molecule has 0 saturated carbocycles. The maximum Gasteiger partial charge on any atom is 0.270 e. The van der Waals surface area contributed by atoms with Crippen molar-refractivity contribution in [1.29, 1.82) is 0 Å². The molecule has 3 aromatic rings. The van der Waals surface area contributed by atoms with E-state index in [1.807, 2.05) is 24.3 Å². The maximum atomic E-state index is 11.1. The molecule has 0 fully saturated rings. The number of allylic oxidation sites excluding steroid dienone is 1. The van der Waals surface area contributed by atoms with E-state index in [1.165, 1.54) is 24.6 Å². The van der Waals surface area contributed by atoms with Crippen molar-refractivity contribution in [2.24, 2.45) is 0 Å². The molecule has 1 aromatic heterocycles. The summed E-state index contributed by atoms with van der Waals surface area (Å²) in [5, 5.41) is 11.2. The Morgan fingerprint density at radius 2 is 1.82 bits per heavy atom. The third-order valence-electron chi connectivity index (χ3n) is 4.53.